The van der Waals surface area contributed by atoms with Crippen LogP contribution in [0, 0.1) is 0 Å². The van der Waals surface area contributed by atoms with Gasteiger partial charge >= 0.3 is 0 Å². The molecular formula is C21H20N4O4S2. The molecule has 4 aromatic rings. The van der Waals surface area contributed by atoms with Crippen molar-refractivity contribution in [3.63, 3.8) is 0 Å². The Balaban J connectivity index is 1.51. The minimum atomic E-state index is -3.63. The first kappa shape index (κ1) is 21.0. The molecule has 1 aromatic heterocycles. The number of aromatic nitrogens is 3. The molecule has 0 unspecified atom stereocenters. The molecule has 0 fully saturated rings. The molecule has 31 heavy (non-hydrogen) atoms. The Morgan fingerprint density at radius 2 is 1.81 bits per heavy atom. The fraction of sp³-hybridized carbons (Fsp3) is 0.143. The maximum Gasteiger partial charge on any atom is 0.232 e. The number of hydrogen-bond donors (Lipinski definition) is 3. The van der Waals surface area contributed by atoms with Crippen molar-refractivity contribution in [2.45, 2.75) is 16.5 Å². The predicted octanol–water partition coefficient (Wildman–Crippen LogP) is 4.03. The summed E-state index contributed by atoms with van der Waals surface area (Å²) in [4.78, 5) is 4.50. The molecule has 0 saturated heterocycles. The van der Waals surface area contributed by atoms with Crippen LogP contribution in [-0.4, -0.2) is 41.1 Å². The molecule has 0 bridgehead atoms. The molecule has 0 amide bonds. The number of ether oxygens (including phenoxy) is 1. The van der Waals surface area contributed by atoms with Gasteiger partial charge in [-0.1, -0.05) is 42.5 Å². The Labute approximate surface area is 183 Å². The Kier molecular flexibility index (Phi) is 6.28. The highest BCUT2D eigenvalue weighted by Gasteiger charge is 2.17. The fourth-order valence-electron chi connectivity index (χ4n) is 3.02. The van der Waals surface area contributed by atoms with E-state index in [1.807, 2.05) is 30.3 Å². The van der Waals surface area contributed by atoms with E-state index in [1.165, 1.54) is 6.33 Å². The van der Waals surface area contributed by atoms with Gasteiger partial charge in [0.2, 0.25) is 10.0 Å². The molecule has 0 atom stereocenters. The van der Waals surface area contributed by atoms with Crippen molar-refractivity contribution in [1.29, 1.82) is 0 Å². The molecule has 0 aliphatic heterocycles. The van der Waals surface area contributed by atoms with Crippen molar-refractivity contribution in [3.05, 3.63) is 67.0 Å². The summed E-state index contributed by atoms with van der Waals surface area (Å²) in [7, 11) is -3.63. The number of para-hydroxylation sites is 1. The minimum Gasteiger partial charge on any atom is -0.506 e. The summed E-state index contributed by atoms with van der Waals surface area (Å²) in [6, 6.07) is 17.9. The predicted molar refractivity (Wildman–Crippen MR) is 120 cm³/mol. The van der Waals surface area contributed by atoms with E-state index in [4.69, 9.17) is 4.74 Å². The molecule has 8 nitrogen and oxygen atoms in total. The zero-order valence-electron chi connectivity index (χ0n) is 16.4. The molecule has 3 N–H and O–H groups in total. The van der Waals surface area contributed by atoms with Crippen LogP contribution in [0.4, 0.5) is 5.69 Å². The van der Waals surface area contributed by atoms with Gasteiger partial charge in [0, 0.05) is 10.8 Å². The number of sulfonamides is 1. The number of fused-ring (bicyclic) bond motifs is 1. The highest BCUT2D eigenvalue weighted by molar-refractivity contribution is 7.99. The van der Waals surface area contributed by atoms with Crippen molar-refractivity contribution in [3.8, 4) is 11.5 Å². The molecule has 1 heterocycles. The molecule has 0 saturated carbocycles. The van der Waals surface area contributed by atoms with Crippen LogP contribution in [0.25, 0.3) is 10.8 Å². The van der Waals surface area contributed by atoms with Gasteiger partial charge in [-0.25, -0.2) is 13.4 Å². The van der Waals surface area contributed by atoms with E-state index >= 15 is 0 Å². The molecule has 0 aliphatic rings. The Morgan fingerprint density at radius 3 is 2.55 bits per heavy atom. The number of phenolic OH excluding ortho intramolecular Hbond substituents is 1. The third-order valence-electron chi connectivity index (χ3n) is 4.42. The maximum atomic E-state index is 12.7. The zero-order chi connectivity index (χ0) is 21.7. The lowest BCUT2D eigenvalue weighted by molar-refractivity contribution is 0.318. The van der Waals surface area contributed by atoms with Gasteiger partial charge in [0.15, 0.2) is 5.16 Å². The van der Waals surface area contributed by atoms with E-state index < -0.39 is 10.0 Å². The van der Waals surface area contributed by atoms with Gasteiger partial charge in [-0.2, -0.15) is 5.10 Å². The molecule has 3 aromatic carbocycles. The zero-order valence-corrected chi connectivity index (χ0v) is 18.0. The number of nitrogens with one attached hydrogen (secondary N) is 2. The molecule has 4 rings (SSSR count). The second kappa shape index (κ2) is 9.27. The number of rotatable bonds is 9. The van der Waals surface area contributed by atoms with Crippen LogP contribution >= 0.6 is 11.8 Å². The van der Waals surface area contributed by atoms with Crippen LogP contribution in [0.15, 0.2) is 77.0 Å². The minimum absolute atomic E-state index is 0.0520. The largest absolute Gasteiger partial charge is 0.506 e. The van der Waals surface area contributed by atoms with Crippen molar-refractivity contribution in [2.75, 3.05) is 17.1 Å². The van der Waals surface area contributed by atoms with Crippen LogP contribution < -0.4 is 9.46 Å². The van der Waals surface area contributed by atoms with Gasteiger partial charge in [0.25, 0.3) is 0 Å². The lowest BCUT2D eigenvalue weighted by Crippen LogP contribution is -2.18. The van der Waals surface area contributed by atoms with E-state index in [2.05, 4.69) is 19.9 Å². The third-order valence-corrected chi connectivity index (χ3v) is 6.69. The van der Waals surface area contributed by atoms with Crippen LogP contribution in [-0.2, 0) is 10.0 Å². The van der Waals surface area contributed by atoms with Gasteiger partial charge in [0.1, 0.15) is 17.8 Å². The van der Waals surface area contributed by atoms with Crippen LogP contribution in [0.3, 0.4) is 0 Å². The van der Waals surface area contributed by atoms with Gasteiger partial charge in [0.05, 0.1) is 22.9 Å². The highest BCUT2D eigenvalue weighted by Crippen LogP contribution is 2.41. The summed E-state index contributed by atoms with van der Waals surface area (Å²) < 4.78 is 33.6. The standard InChI is InChI=1S/C21H20N4O4S2/c26-20-17-10-5-4-9-16(17)18(13-19(20)30-21-22-14-23-24-21)25-31(27,28)12-6-11-29-15-7-2-1-3-8-15/h1-5,7-10,13-14,25-26H,6,11-12H2,(H,22,23,24). The van der Waals surface area contributed by atoms with Gasteiger partial charge in [-0.05, 0) is 36.4 Å². The highest BCUT2D eigenvalue weighted by atomic mass is 32.2. The normalized spacial score (nSPS) is 11.5. The van der Waals surface area contributed by atoms with E-state index in [9.17, 15) is 13.5 Å². The average molecular weight is 457 g/mol. The Morgan fingerprint density at radius 1 is 1.06 bits per heavy atom. The van der Waals surface area contributed by atoms with Crippen LogP contribution in [0.5, 0.6) is 11.5 Å². The van der Waals surface area contributed by atoms with Gasteiger partial charge < -0.3 is 9.84 Å². The number of H-pyrrole nitrogens is 1. The molecule has 0 spiro atoms. The number of aromatic hydroxyl groups is 1. The first-order valence-corrected chi connectivity index (χ1v) is 11.9. The molecule has 160 valence electrons. The second-order valence-electron chi connectivity index (χ2n) is 6.65. The van der Waals surface area contributed by atoms with E-state index in [0.29, 0.717) is 38.7 Å². The molecule has 0 radical (unpaired) electrons. The molecule has 10 heteroatoms. The topological polar surface area (TPSA) is 117 Å². The number of phenols is 1. The van der Waals surface area contributed by atoms with Crippen molar-refractivity contribution >= 4 is 38.2 Å². The third kappa shape index (κ3) is 5.28. The van der Waals surface area contributed by atoms with E-state index in [1.54, 1.807) is 30.3 Å². The maximum absolute atomic E-state index is 12.7. The lowest BCUT2D eigenvalue weighted by Gasteiger charge is -2.14. The number of nitrogens with zero attached hydrogens (tertiary/aromatic N) is 2. The average Bonchev–Trinajstić information content (AvgIpc) is 3.28. The van der Waals surface area contributed by atoms with E-state index in [0.717, 1.165) is 11.8 Å². The van der Waals surface area contributed by atoms with Gasteiger partial charge in [-0.3, -0.25) is 9.82 Å². The molecule has 0 aliphatic carbocycles. The summed E-state index contributed by atoms with van der Waals surface area (Å²) in [5, 5.41) is 18.8. The first-order valence-electron chi connectivity index (χ1n) is 9.48. The number of aromatic amines is 1. The lowest BCUT2D eigenvalue weighted by atomic mass is 10.1. The van der Waals surface area contributed by atoms with Crippen molar-refractivity contribution in [1.82, 2.24) is 15.2 Å². The number of anilines is 1. The second-order valence-corrected chi connectivity index (χ2v) is 9.52. The summed E-state index contributed by atoms with van der Waals surface area (Å²) in [6.45, 7) is 0.286. The summed E-state index contributed by atoms with van der Waals surface area (Å²) >= 11 is 1.16. The van der Waals surface area contributed by atoms with E-state index in [-0.39, 0.29) is 18.1 Å². The van der Waals surface area contributed by atoms with Gasteiger partial charge in [-0.15, -0.1) is 0 Å². The number of benzene rings is 3. The summed E-state index contributed by atoms with van der Waals surface area (Å²) in [5.41, 5.74) is 0.388. The van der Waals surface area contributed by atoms with Crippen molar-refractivity contribution < 1.29 is 18.3 Å². The molecular weight excluding hydrogens is 436 g/mol. The Bertz CT molecular complexity index is 1260. The fourth-order valence-corrected chi connectivity index (χ4v) is 4.91. The van der Waals surface area contributed by atoms with Crippen LogP contribution in [0.1, 0.15) is 6.42 Å². The summed E-state index contributed by atoms with van der Waals surface area (Å²) in [6.07, 6.45) is 1.70. The summed E-state index contributed by atoms with van der Waals surface area (Å²) in [5.74, 6) is 0.655. The number of hydrogen-bond acceptors (Lipinski definition) is 7. The van der Waals surface area contributed by atoms with Crippen LogP contribution in [0.2, 0.25) is 0 Å². The SMILES string of the molecule is O=S(=O)(CCCOc1ccccc1)Nc1cc(Sc2ncn[nH]2)c(O)c2ccccc12. The smallest absolute Gasteiger partial charge is 0.232 e. The Hall–Kier alpha value is -3.24. The van der Waals surface area contributed by atoms with Crippen molar-refractivity contribution in [2.24, 2.45) is 0 Å². The monoisotopic (exact) mass is 456 g/mol. The quantitative estimate of drug-likeness (QED) is 0.257. The first-order chi connectivity index (χ1) is 15.0.